The molecule has 0 aromatic carbocycles. The number of nitrogens with zero attached hydrogens (tertiary/aromatic N) is 1. The molecule has 0 radical (unpaired) electrons. The predicted molar refractivity (Wildman–Crippen MR) is 92.4 cm³/mol. The van der Waals surface area contributed by atoms with E-state index in [1.165, 1.54) is 95.5 Å². The summed E-state index contributed by atoms with van der Waals surface area (Å²) in [6, 6.07) is 0. The van der Waals surface area contributed by atoms with Gasteiger partial charge in [0.2, 0.25) is 0 Å². The van der Waals surface area contributed by atoms with Gasteiger partial charge in [0.25, 0.3) is 0 Å². The van der Waals surface area contributed by atoms with Gasteiger partial charge in [-0.1, -0.05) is 0 Å². The van der Waals surface area contributed by atoms with E-state index in [0.717, 1.165) is 9.50 Å². The molecule has 0 aromatic heterocycles. The van der Waals surface area contributed by atoms with Crippen LogP contribution in [0.25, 0.3) is 0 Å². The second-order valence-electron chi connectivity index (χ2n) is 8.01. The first-order chi connectivity index (χ1) is 10.3. The average molecular weight is 354 g/mol. The van der Waals surface area contributed by atoms with E-state index < -0.39 is 13.3 Å². The zero-order valence-corrected chi connectivity index (χ0v) is 16.0. The van der Waals surface area contributed by atoms with Crippen LogP contribution in [0, 0.1) is 0 Å². The molecule has 0 atom stereocenters. The van der Waals surface area contributed by atoms with Gasteiger partial charge in [0.1, 0.15) is 0 Å². The summed E-state index contributed by atoms with van der Waals surface area (Å²) in [6.45, 7) is 3.99. The van der Waals surface area contributed by atoms with Crippen molar-refractivity contribution in [1.29, 1.82) is 0 Å². The van der Waals surface area contributed by atoms with Crippen molar-refractivity contribution in [2.24, 2.45) is 0 Å². The SMILES string of the molecule is O[CH2][Ge]([CH2]CN1CCCCC1)([CH]1CCCC1)[CH]1CCCC1. The Morgan fingerprint density at radius 1 is 0.762 bits per heavy atom. The summed E-state index contributed by atoms with van der Waals surface area (Å²) in [5.74, 6) is 0. The summed E-state index contributed by atoms with van der Waals surface area (Å²) in [5.41, 5.74) is 0.642. The molecule has 3 fully saturated rings. The molecule has 2 saturated carbocycles. The minimum atomic E-state index is -2.08. The van der Waals surface area contributed by atoms with Crippen molar-refractivity contribution in [2.45, 2.75) is 85.4 Å². The van der Waals surface area contributed by atoms with Crippen molar-refractivity contribution in [3.05, 3.63) is 0 Å². The standard InChI is InChI=1S/C18H35GeNO/c21-16-19(17-8-2-3-9-17,18-10-4-5-11-18)12-15-20-13-6-1-7-14-20/h17-18,21H,1-16H2. The molecule has 21 heavy (non-hydrogen) atoms. The van der Waals surface area contributed by atoms with Crippen LogP contribution in [0.1, 0.15) is 70.6 Å². The Balaban J connectivity index is 1.67. The molecule has 3 aliphatic rings. The summed E-state index contributed by atoms with van der Waals surface area (Å²) in [4.78, 5) is 2.73. The van der Waals surface area contributed by atoms with E-state index in [1.54, 1.807) is 0 Å². The Labute approximate surface area is 134 Å². The van der Waals surface area contributed by atoms with Gasteiger partial charge in [-0.25, -0.2) is 0 Å². The van der Waals surface area contributed by atoms with E-state index in [0.29, 0.717) is 5.44 Å². The maximum atomic E-state index is 10.5. The van der Waals surface area contributed by atoms with Gasteiger partial charge in [-0.3, -0.25) is 0 Å². The van der Waals surface area contributed by atoms with E-state index in [2.05, 4.69) is 4.90 Å². The van der Waals surface area contributed by atoms with Gasteiger partial charge in [-0.05, 0) is 0 Å². The monoisotopic (exact) mass is 355 g/mol. The third-order valence-electron chi connectivity index (χ3n) is 6.97. The van der Waals surface area contributed by atoms with Crippen molar-refractivity contribution in [1.82, 2.24) is 4.90 Å². The fourth-order valence-electron chi connectivity index (χ4n) is 5.63. The fourth-order valence-corrected chi connectivity index (χ4v) is 18.2. The molecule has 1 heterocycles. The van der Waals surface area contributed by atoms with Crippen molar-refractivity contribution in [3.8, 4) is 0 Å². The molecule has 0 amide bonds. The molecular weight excluding hydrogens is 319 g/mol. The van der Waals surface area contributed by atoms with Crippen LogP contribution in [-0.4, -0.2) is 48.3 Å². The van der Waals surface area contributed by atoms with E-state index in [-0.39, 0.29) is 0 Å². The molecule has 3 heteroatoms. The van der Waals surface area contributed by atoms with Crippen molar-refractivity contribution in [3.63, 3.8) is 0 Å². The third kappa shape index (κ3) is 3.69. The van der Waals surface area contributed by atoms with Crippen LogP contribution in [0.15, 0.2) is 0 Å². The molecule has 0 unspecified atom stereocenters. The van der Waals surface area contributed by atoms with Crippen LogP contribution in [0.2, 0.25) is 14.8 Å². The molecule has 1 aliphatic heterocycles. The van der Waals surface area contributed by atoms with Crippen LogP contribution in [0.4, 0.5) is 0 Å². The fraction of sp³-hybridized carbons (Fsp3) is 1.00. The maximum absolute atomic E-state index is 10.5. The Morgan fingerprint density at radius 2 is 1.29 bits per heavy atom. The first-order valence-electron chi connectivity index (χ1n) is 9.68. The molecule has 2 nitrogen and oxygen atoms in total. The van der Waals surface area contributed by atoms with Gasteiger partial charge in [0.15, 0.2) is 0 Å². The number of aliphatic hydroxyl groups excluding tert-OH is 1. The van der Waals surface area contributed by atoms with Crippen molar-refractivity contribution < 1.29 is 5.11 Å². The predicted octanol–water partition coefficient (Wildman–Crippen LogP) is 4.34. The number of likely N-dealkylation sites (tertiary alicyclic amines) is 1. The summed E-state index contributed by atoms with van der Waals surface area (Å²) in [7, 11) is 0. The van der Waals surface area contributed by atoms with Crippen molar-refractivity contribution in [2.75, 3.05) is 25.1 Å². The Kier molecular flexibility index (Phi) is 6.09. The second-order valence-corrected chi connectivity index (χ2v) is 18.3. The van der Waals surface area contributed by atoms with Crippen LogP contribution >= 0.6 is 0 Å². The van der Waals surface area contributed by atoms with Crippen LogP contribution in [0.3, 0.4) is 0 Å². The van der Waals surface area contributed by atoms with E-state index in [1.807, 2.05) is 0 Å². The molecular formula is C18H35GeNO. The number of piperidine rings is 1. The topological polar surface area (TPSA) is 23.5 Å². The summed E-state index contributed by atoms with van der Waals surface area (Å²) in [5, 5.41) is 11.9. The van der Waals surface area contributed by atoms with E-state index in [4.69, 9.17) is 0 Å². The molecule has 2 aliphatic carbocycles. The average Bonchev–Trinajstić information content (AvgIpc) is 3.24. The molecule has 3 rings (SSSR count). The minimum absolute atomic E-state index is 0.642. The zero-order valence-electron chi connectivity index (χ0n) is 13.9. The van der Waals surface area contributed by atoms with E-state index >= 15 is 0 Å². The number of hydrogen-bond donors (Lipinski definition) is 1. The summed E-state index contributed by atoms with van der Waals surface area (Å²) >= 11 is -2.08. The summed E-state index contributed by atoms with van der Waals surface area (Å²) in [6.07, 6.45) is 15.9. The molecule has 0 bridgehead atoms. The molecule has 0 aromatic rings. The quantitative estimate of drug-likeness (QED) is 0.718. The van der Waals surface area contributed by atoms with Gasteiger partial charge < -0.3 is 0 Å². The Bertz CT molecular complexity index is 288. The normalized spacial score (nSPS) is 26.7. The third-order valence-corrected chi connectivity index (χ3v) is 19.9. The number of rotatable bonds is 6. The van der Waals surface area contributed by atoms with Crippen LogP contribution < -0.4 is 0 Å². The first-order valence-corrected chi connectivity index (χ1v) is 15.1. The van der Waals surface area contributed by atoms with Crippen LogP contribution in [-0.2, 0) is 0 Å². The molecule has 1 N–H and O–H groups in total. The number of hydrogen-bond acceptors (Lipinski definition) is 2. The van der Waals surface area contributed by atoms with E-state index in [9.17, 15) is 5.11 Å². The van der Waals surface area contributed by atoms with Gasteiger partial charge >= 0.3 is 134 Å². The Morgan fingerprint density at radius 3 is 1.76 bits per heavy atom. The summed E-state index contributed by atoms with van der Waals surface area (Å²) < 4.78 is 2.01. The first kappa shape index (κ1) is 16.3. The van der Waals surface area contributed by atoms with Crippen LogP contribution in [0.5, 0.6) is 0 Å². The van der Waals surface area contributed by atoms with Gasteiger partial charge in [0, 0.05) is 0 Å². The number of aliphatic hydroxyl groups is 1. The second kappa shape index (κ2) is 7.83. The molecule has 1 saturated heterocycles. The van der Waals surface area contributed by atoms with Gasteiger partial charge in [-0.2, -0.15) is 0 Å². The zero-order chi connectivity index (χ0) is 14.5. The van der Waals surface area contributed by atoms with Crippen molar-refractivity contribution >= 4 is 13.3 Å². The molecule has 0 spiro atoms. The Hall–Kier alpha value is 0.463. The molecule has 122 valence electrons. The van der Waals surface area contributed by atoms with Gasteiger partial charge in [0.05, 0.1) is 0 Å². The van der Waals surface area contributed by atoms with Gasteiger partial charge in [-0.15, -0.1) is 0 Å².